The molecule has 0 saturated heterocycles. The summed E-state index contributed by atoms with van der Waals surface area (Å²) in [5, 5.41) is 9.21. The van der Waals surface area contributed by atoms with Gasteiger partial charge in [-0.25, -0.2) is 4.79 Å². The monoisotopic (exact) mass is 200 g/mol. The number of rotatable bonds is 2. The number of aromatic hydroxyl groups is 1. The Morgan fingerprint density at radius 3 is 2.77 bits per heavy atom. The maximum absolute atomic E-state index is 11.0. The normalized spacial score (nSPS) is 9.38. The summed E-state index contributed by atoms with van der Waals surface area (Å²) in [5.74, 6) is -0.265. The highest BCUT2D eigenvalue weighted by Crippen LogP contribution is 2.26. The molecule has 0 aliphatic rings. The Hall–Kier alpha value is -1.28. The highest BCUT2D eigenvalue weighted by atomic mass is 31.0. The Bertz CT molecular complexity index is 324. The molecule has 0 aliphatic carbocycles. The van der Waals surface area contributed by atoms with Gasteiger partial charge in [0.05, 0.1) is 22.1 Å². The number of hydrogen-bond donors (Lipinski definition) is 1. The predicted molar refractivity (Wildman–Crippen MR) is 49.8 cm³/mol. The smallest absolute Gasteiger partial charge is 0.340 e. The van der Waals surface area contributed by atoms with Gasteiger partial charge < -0.3 is 14.4 Å². The first-order chi connectivity index (χ1) is 6.19. The van der Waals surface area contributed by atoms with Gasteiger partial charge >= 0.3 is 5.97 Å². The molecule has 0 heterocycles. The third-order valence-corrected chi connectivity index (χ3v) is 1.74. The van der Waals surface area contributed by atoms with E-state index in [9.17, 15) is 9.90 Å². The number of benzene rings is 1. The zero-order valence-corrected chi connectivity index (χ0v) is 8.14. The minimum absolute atomic E-state index is 0.0113. The van der Waals surface area contributed by atoms with E-state index in [0.717, 1.165) is 0 Å². The number of ether oxygens (including phenoxy) is 1. The molecule has 0 aromatic heterocycles. The average Bonchev–Trinajstić information content (AvgIpc) is 2.17. The molecule has 1 N–H and O–H groups in total. The van der Waals surface area contributed by atoms with Crippen molar-refractivity contribution in [2.24, 2.45) is 0 Å². The van der Waals surface area contributed by atoms with Crippen molar-refractivity contribution < 1.29 is 19.2 Å². The largest absolute Gasteiger partial charge is 0.504 e. The second kappa shape index (κ2) is 4.10. The van der Waals surface area contributed by atoms with E-state index < -0.39 is 5.97 Å². The quantitative estimate of drug-likeness (QED) is 0.732. The molecule has 1 atom stereocenters. The summed E-state index contributed by atoms with van der Waals surface area (Å²) in [6.07, 6.45) is 0. The van der Waals surface area contributed by atoms with Gasteiger partial charge in [-0.1, -0.05) is 0 Å². The van der Waals surface area contributed by atoms with Crippen LogP contribution in [0.5, 0.6) is 11.5 Å². The van der Waals surface area contributed by atoms with Crippen LogP contribution < -0.4 is 4.74 Å². The highest BCUT2D eigenvalue weighted by molar-refractivity contribution is 7.10. The fourth-order valence-corrected chi connectivity index (χ4v) is 1.01. The van der Waals surface area contributed by atoms with E-state index in [2.05, 4.69) is 4.52 Å². The maximum atomic E-state index is 11.0. The summed E-state index contributed by atoms with van der Waals surface area (Å²) in [6, 6.07) is 4.22. The minimum Gasteiger partial charge on any atom is -0.504 e. The molecule has 0 spiro atoms. The van der Waals surface area contributed by atoms with Crippen molar-refractivity contribution in [3.63, 3.8) is 0 Å². The summed E-state index contributed by atoms with van der Waals surface area (Å²) in [5.41, 5.74) is 0.324. The van der Waals surface area contributed by atoms with Crippen LogP contribution in [0.15, 0.2) is 18.2 Å². The van der Waals surface area contributed by atoms with Gasteiger partial charge in [-0.3, -0.25) is 0 Å². The van der Waals surface area contributed by atoms with Crippen molar-refractivity contribution in [2.75, 3.05) is 7.11 Å². The van der Waals surface area contributed by atoms with Crippen LogP contribution in [0.4, 0.5) is 0 Å². The Kier molecular flexibility index (Phi) is 3.09. The second-order valence-corrected chi connectivity index (χ2v) is 2.53. The minimum atomic E-state index is -0.497. The number of methoxy groups -OCH3 is 1. The molecule has 13 heavy (non-hydrogen) atoms. The van der Waals surface area contributed by atoms with Crippen LogP contribution in [0, 0.1) is 0 Å². The van der Waals surface area contributed by atoms with Crippen LogP contribution in [0.1, 0.15) is 10.4 Å². The van der Waals surface area contributed by atoms with Gasteiger partial charge in [-0.05, 0) is 18.2 Å². The van der Waals surface area contributed by atoms with Gasteiger partial charge in [0.25, 0.3) is 0 Å². The van der Waals surface area contributed by atoms with Gasteiger partial charge in [0.15, 0.2) is 11.5 Å². The maximum Gasteiger partial charge on any atom is 0.340 e. The average molecular weight is 200 g/mol. The lowest BCUT2D eigenvalue weighted by Crippen LogP contribution is -1.97. The Labute approximate surface area is 77.8 Å². The van der Waals surface area contributed by atoms with Crippen molar-refractivity contribution in [3.8, 4) is 11.5 Å². The van der Waals surface area contributed by atoms with Crippen LogP contribution in [-0.2, 0) is 4.52 Å². The lowest BCUT2D eigenvalue weighted by atomic mass is 10.2. The van der Waals surface area contributed by atoms with E-state index in [1.165, 1.54) is 25.3 Å². The van der Waals surface area contributed by atoms with Gasteiger partial charge in [-0.2, -0.15) is 0 Å². The van der Waals surface area contributed by atoms with Crippen molar-refractivity contribution in [2.45, 2.75) is 0 Å². The summed E-state index contributed by atoms with van der Waals surface area (Å²) in [4.78, 5) is 11.0. The number of phenols is 1. The van der Waals surface area contributed by atoms with E-state index in [4.69, 9.17) is 4.74 Å². The predicted octanol–water partition coefficient (Wildman–Crippen LogP) is 1.35. The topological polar surface area (TPSA) is 55.8 Å². The lowest BCUT2D eigenvalue weighted by molar-refractivity contribution is 0.0765. The molecule has 0 fully saturated rings. The van der Waals surface area contributed by atoms with Crippen molar-refractivity contribution in [3.05, 3.63) is 23.8 Å². The number of phenolic OH excluding ortho intramolecular Hbond substituents is 1. The van der Waals surface area contributed by atoms with Crippen molar-refractivity contribution in [1.82, 2.24) is 0 Å². The third kappa shape index (κ3) is 2.10. The fraction of sp³-hybridized carbons (Fsp3) is 0.125. The molecule has 1 aromatic rings. The van der Waals surface area contributed by atoms with E-state index >= 15 is 0 Å². The van der Waals surface area contributed by atoms with E-state index in [-0.39, 0.29) is 11.5 Å². The van der Waals surface area contributed by atoms with Gasteiger partial charge in [0.2, 0.25) is 0 Å². The van der Waals surface area contributed by atoms with Crippen LogP contribution in [0.2, 0.25) is 0 Å². The molecule has 1 rings (SSSR count). The number of carbonyl (C=O) groups excluding carboxylic acids is 1. The van der Waals surface area contributed by atoms with E-state index in [1.54, 1.807) is 0 Å². The molecule has 0 amide bonds. The van der Waals surface area contributed by atoms with Crippen LogP contribution >= 0.6 is 9.47 Å². The molecule has 1 unspecified atom stereocenters. The first-order valence-electron chi connectivity index (χ1n) is 3.47. The van der Waals surface area contributed by atoms with Crippen LogP contribution in [0.3, 0.4) is 0 Å². The Morgan fingerprint density at radius 2 is 2.23 bits per heavy atom. The van der Waals surface area contributed by atoms with E-state index in [0.29, 0.717) is 5.56 Å². The van der Waals surface area contributed by atoms with Crippen LogP contribution in [-0.4, -0.2) is 18.2 Å². The molecule has 0 radical (unpaired) electrons. The van der Waals surface area contributed by atoms with Crippen LogP contribution in [0.25, 0.3) is 0 Å². The standard InChI is InChI=1S/C8H9O4P/c1-11-7-4-5(8(10)12-13)2-3-6(7)9/h2-4,9H,13H2,1H3. The Morgan fingerprint density at radius 1 is 1.54 bits per heavy atom. The summed E-state index contributed by atoms with van der Waals surface area (Å²) < 4.78 is 9.23. The van der Waals surface area contributed by atoms with Gasteiger partial charge in [0, 0.05) is 0 Å². The van der Waals surface area contributed by atoms with Crippen molar-refractivity contribution >= 4 is 15.4 Å². The summed E-state index contributed by atoms with van der Waals surface area (Å²) >= 11 is 0. The van der Waals surface area contributed by atoms with E-state index in [1.807, 2.05) is 9.47 Å². The molecule has 0 saturated carbocycles. The lowest BCUT2D eigenvalue weighted by Gasteiger charge is -2.04. The Balaban J connectivity index is 3.06. The fourth-order valence-electron chi connectivity index (χ4n) is 0.873. The number of carbonyl (C=O) groups is 1. The van der Waals surface area contributed by atoms with Gasteiger partial charge in [0.1, 0.15) is 0 Å². The molecule has 5 heteroatoms. The van der Waals surface area contributed by atoms with Gasteiger partial charge in [-0.15, -0.1) is 0 Å². The third-order valence-electron chi connectivity index (χ3n) is 1.52. The first-order valence-corrected chi connectivity index (χ1v) is 3.94. The summed E-state index contributed by atoms with van der Waals surface area (Å²) in [6.45, 7) is 0. The zero-order chi connectivity index (χ0) is 9.84. The molecular formula is C8H9O4P. The summed E-state index contributed by atoms with van der Waals surface area (Å²) in [7, 11) is 3.27. The number of hydrogen-bond acceptors (Lipinski definition) is 4. The molecule has 4 nitrogen and oxygen atoms in total. The second-order valence-electron chi connectivity index (χ2n) is 2.29. The molecule has 70 valence electrons. The molecule has 0 aliphatic heterocycles. The molecule has 1 aromatic carbocycles. The van der Waals surface area contributed by atoms with Crippen molar-refractivity contribution in [1.29, 1.82) is 0 Å². The molecule has 0 bridgehead atoms. The molecular weight excluding hydrogens is 191 g/mol. The zero-order valence-electron chi connectivity index (χ0n) is 6.98. The highest BCUT2D eigenvalue weighted by Gasteiger charge is 2.08. The SMILES string of the molecule is COc1cc(C(=O)OP)ccc1O. The first kappa shape index (κ1) is 9.81.